The molecule has 5 rings (SSSR count). The van der Waals surface area contributed by atoms with Crippen LogP contribution in [0.5, 0.6) is 0 Å². The molecule has 0 aliphatic heterocycles. The second kappa shape index (κ2) is 16.6. The molecule has 0 unspecified atom stereocenters. The van der Waals surface area contributed by atoms with E-state index in [0.29, 0.717) is 0 Å². The molecule has 0 fully saturated rings. The minimum atomic E-state index is 1.11. The van der Waals surface area contributed by atoms with Crippen molar-refractivity contribution in [3.05, 3.63) is 78.2 Å². The number of fused-ring (bicyclic) bond motifs is 1. The van der Waals surface area contributed by atoms with Crippen LogP contribution in [0, 0.1) is 0 Å². The molecule has 0 amide bonds. The molecule has 0 saturated carbocycles. The number of thioether (sulfide) groups is 1. The third-order valence-electron chi connectivity index (χ3n) is 7.73. The predicted molar refractivity (Wildman–Crippen MR) is 220 cm³/mol. The van der Waals surface area contributed by atoms with E-state index in [1.807, 2.05) is 57.1 Å². The average Bonchev–Trinajstić information content (AvgIpc) is 3.84. The number of thiophene rings is 5. The molecular formula is C40H48S6. The van der Waals surface area contributed by atoms with Gasteiger partial charge in [0.2, 0.25) is 0 Å². The molecule has 0 saturated heterocycles. The third-order valence-corrected chi connectivity index (χ3v) is 15.4. The van der Waals surface area contributed by atoms with Crippen molar-refractivity contribution < 1.29 is 0 Å². The minimum Gasteiger partial charge on any atom is -0.143 e. The summed E-state index contributed by atoms with van der Waals surface area (Å²) in [7, 11) is 0. The van der Waals surface area contributed by atoms with Gasteiger partial charge in [-0.05, 0) is 106 Å². The molecule has 0 aliphatic rings. The van der Waals surface area contributed by atoms with Crippen LogP contribution in [0.25, 0.3) is 46.0 Å². The van der Waals surface area contributed by atoms with Crippen LogP contribution in [0.4, 0.5) is 0 Å². The zero-order chi connectivity index (χ0) is 32.8. The monoisotopic (exact) mass is 720 g/mol. The SMILES string of the molecule is CCCC=C(Sc1csc(C=C(C)C)c1CCC)c1ccc(-c2ccc(-c3sc4c(CCC)c(C=C(C)C)sc4c3CCC)s2)s1. The summed E-state index contributed by atoms with van der Waals surface area (Å²) in [5.74, 6) is 0. The molecule has 46 heavy (non-hydrogen) atoms. The van der Waals surface area contributed by atoms with Crippen molar-refractivity contribution in [3.8, 4) is 19.5 Å². The first kappa shape index (κ1) is 35.6. The summed E-state index contributed by atoms with van der Waals surface area (Å²) in [4.78, 5) is 12.8. The summed E-state index contributed by atoms with van der Waals surface area (Å²) in [6.45, 7) is 18.1. The highest BCUT2D eigenvalue weighted by molar-refractivity contribution is 8.08. The fourth-order valence-electron chi connectivity index (χ4n) is 5.71. The Morgan fingerprint density at radius 3 is 1.93 bits per heavy atom. The van der Waals surface area contributed by atoms with Crippen LogP contribution >= 0.6 is 68.4 Å². The van der Waals surface area contributed by atoms with Crippen LogP contribution in [0.15, 0.2) is 51.8 Å². The lowest BCUT2D eigenvalue weighted by atomic mass is 10.1. The van der Waals surface area contributed by atoms with E-state index in [1.165, 1.54) is 95.7 Å². The van der Waals surface area contributed by atoms with Gasteiger partial charge < -0.3 is 0 Å². The highest BCUT2D eigenvalue weighted by Gasteiger charge is 2.22. The van der Waals surface area contributed by atoms with Gasteiger partial charge in [-0.1, -0.05) is 82.4 Å². The fourth-order valence-corrected chi connectivity index (χ4v) is 13.6. The van der Waals surface area contributed by atoms with Gasteiger partial charge in [0.15, 0.2) is 0 Å². The molecular weight excluding hydrogens is 673 g/mol. The summed E-state index contributed by atoms with van der Waals surface area (Å²) < 4.78 is 3.08. The number of unbranched alkanes of at least 4 members (excludes halogenated alkanes) is 1. The molecule has 0 spiro atoms. The maximum Gasteiger partial charge on any atom is 0.0498 e. The van der Waals surface area contributed by atoms with E-state index < -0.39 is 0 Å². The highest BCUT2D eigenvalue weighted by Crippen LogP contribution is 2.50. The molecule has 0 aliphatic carbocycles. The molecule has 5 aromatic heterocycles. The Balaban J connectivity index is 1.47. The largest absolute Gasteiger partial charge is 0.143 e. The van der Waals surface area contributed by atoms with E-state index in [1.54, 1.807) is 11.1 Å². The van der Waals surface area contributed by atoms with Gasteiger partial charge in [-0.3, -0.25) is 0 Å². The smallest absolute Gasteiger partial charge is 0.0498 e. The molecule has 6 heteroatoms. The van der Waals surface area contributed by atoms with Gasteiger partial charge in [0.05, 0.1) is 0 Å². The van der Waals surface area contributed by atoms with E-state index in [0.717, 1.165) is 25.7 Å². The maximum atomic E-state index is 2.47. The van der Waals surface area contributed by atoms with Crippen molar-refractivity contribution in [1.82, 2.24) is 0 Å². The lowest BCUT2D eigenvalue weighted by Gasteiger charge is -2.08. The first-order chi connectivity index (χ1) is 22.3. The lowest BCUT2D eigenvalue weighted by Crippen LogP contribution is -1.87. The quantitative estimate of drug-likeness (QED) is 0.0970. The molecule has 0 atom stereocenters. The van der Waals surface area contributed by atoms with Crippen molar-refractivity contribution in [2.24, 2.45) is 0 Å². The first-order valence-electron chi connectivity index (χ1n) is 16.8. The van der Waals surface area contributed by atoms with Gasteiger partial charge in [0.25, 0.3) is 0 Å². The van der Waals surface area contributed by atoms with Crippen LogP contribution in [0.3, 0.4) is 0 Å². The highest BCUT2D eigenvalue weighted by atomic mass is 32.2. The summed E-state index contributed by atoms with van der Waals surface area (Å²) in [6.07, 6.45) is 16.5. The summed E-state index contributed by atoms with van der Waals surface area (Å²) >= 11 is 11.9. The maximum absolute atomic E-state index is 2.47. The molecule has 0 bridgehead atoms. The first-order valence-corrected chi connectivity index (χ1v) is 21.8. The van der Waals surface area contributed by atoms with Gasteiger partial charge in [0.1, 0.15) is 0 Å². The zero-order valence-electron chi connectivity index (χ0n) is 28.7. The number of aryl methyl sites for hydroxylation is 2. The fraction of sp³-hybridized carbons (Fsp3) is 0.400. The standard InChI is InChI=1S/C40H48S6/c1-9-13-17-30(44-37-24-41-35(22-25(5)6)27(37)14-10-2)31-18-19-32(42-31)33-20-21-34(43-33)38-29(16-12-4)40-39(46-38)28(15-11-3)36(45-40)23-26(7)8/h17-24H,9-16H2,1-8H3. The van der Waals surface area contributed by atoms with E-state index in [2.05, 4.69) is 115 Å². The third kappa shape index (κ3) is 8.13. The Labute approximate surface area is 302 Å². The van der Waals surface area contributed by atoms with E-state index in [9.17, 15) is 0 Å². The van der Waals surface area contributed by atoms with Crippen LogP contribution < -0.4 is 0 Å². The van der Waals surface area contributed by atoms with Crippen molar-refractivity contribution in [1.29, 1.82) is 0 Å². The lowest BCUT2D eigenvalue weighted by molar-refractivity contribution is 0.906. The Morgan fingerprint density at radius 1 is 0.630 bits per heavy atom. The van der Waals surface area contributed by atoms with Crippen LogP contribution in [0.1, 0.15) is 119 Å². The second-order valence-electron chi connectivity index (χ2n) is 12.4. The van der Waals surface area contributed by atoms with E-state index >= 15 is 0 Å². The molecule has 5 heterocycles. The molecule has 244 valence electrons. The van der Waals surface area contributed by atoms with Gasteiger partial charge in [-0.15, -0.1) is 56.7 Å². The molecule has 0 nitrogen and oxygen atoms in total. The summed E-state index contributed by atoms with van der Waals surface area (Å²) in [5.41, 5.74) is 7.43. The number of allylic oxidation sites excluding steroid dienone is 3. The number of hydrogen-bond donors (Lipinski definition) is 0. The summed E-state index contributed by atoms with van der Waals surface area (Å²) in [6, 6.07) is 9.48. The number of rotatable bonds is 15. The second-order valence-corrected chi connectivity index (χ2v) is 18.7. The number of hydrogen-bond acceptors (Lipinski definition) is 6. The van der Waals surface area contributed by atoms with E-state index in [4.69, 9.17) is 0 Å². The van der Waals surface area contributed by atoms with E-state index in [-0.39, 0.29) is 0 Å². The van der Waals surface area contributed by atoms with Gasteiger partial charge in [-0.2, -0.15) is 0 Å². The van der Waals surface area contributed by atoms with Crippen molar-refractivity contribution >= 4 is 94.9 Å². The van der Waals surface area contributed by atoms with Gasteiger partial charge in [-0.25, -0.2) is 0 Å². The molecule has 5 aromatic rings. The average molecular weight is 721 g/mol. The Hall–Kier alpha value is -1.67. The normalized spacial score (nSPS) is 12.0. The molecule has 0 aromatic carbocycles. The molecule has 0 radical (unpaired) electrons. The van der Waals surface area contributed by atoms with Crippen molar-refractivity contribution in [2.75, 3.05) is 0 Å². The van der Waals surface area contributed by atoms with Crippen molar-refractivity contribution in [3.63, 3.8) is 0 Å². The summed E-state index contributed by atoms with van der Waals surface area (Å²) in [5, 5.41) is 2.39. The van der Waals surface area contributed by atoms with Crippen LogP contribution in [-0.2, 0) is 19.3 Å². The molecule has 0 N–H and O–H groups in total. The Bertz CT molecular complexity index is 1850. The predicted octanol–water partition coefficient (Wildman–Crippen LogP) is 16.1. The van der Waals surface area contributed by atoms with Crippen LogP contribution in [-0.4, -0.2) is 0 Å². The van der Waals surface area contributed by atoms with Crippen molar-refractivity contribution in [2.45, 2.75) is 112 Å². The van der Waals surface area contributed by atoms with Gasteiger partial charge in [0, 0.05) is 58.7 Å². The Kier molecular flexibility index (Phi) is 12.9. The Morgan fingerprint density at radius 2 is 1.24 bits per heavy atom. The zero-order valence-corrected chi connectivity index (χ0v) is 33.6. The van der Waals surface area contributed by atoms with Gasteiger partial charge >= 0.3 is 0 Å². The minimum absolute atomic E-state index is 1.11. The van der Waals surface area contributed by atoms with Crippen LogP contribution in [0.2, 0.25) is 0 Å². The topological polar surface area (TPSA) is 0 Å².